The van der Waals surface area contributed by atoms with E-state index in [1.807, 2.05) is 0 Å². The molecule has 0 aromatic heterocycles. The van der Waals surface area contributed by atoms with Crippen LogP contribution in [0.5, 0.6) is 0 Å². The van der Waals surface area contributed by atoms with Crippen LogP contribution in [0.1, 0.15) is 13.8 Å². The number of likely N-dealkylation sites (N-methyl/N-ethyl adjacent to an activating group) is 1. The van der Waals surface area contributed by atoms with Gasteiger partial charge in [0.1, 0.15) is 6.29 Å². The molecule has 0 aromatic rings. The predicted molar refractivity (Wildman–Crippen MR) is 42.2 cm³/mol. The Morgan fingerprint density at radius 3 is 2.36 bits per heavy atom. The van der Waals surface area contributed by atoms with Crippen molar-refractivity contribution in [3.05, 3.63) is 0 Å². The van der Waals surface area contributed by atoms with E-state index in [1.165, 1.54) is 0 Å². The van der Waals surface area contributed by atoms with E-state index >= 15 is 0 Å². The summed E-state index contributed by atoms with van der Waals surface area (Å²) in [7, 11) is 1.69. The highest BCUT2D eigenvalue weighted by Crippen LogP contribution is 1.81. The molecule has 0 heterocycles. The summed E-state index contributed by atoms with van der Waals surface area (Å²) in [4.78, 5) is 21.1. The molecule has 4 heteroatoms. The minimum absolute atomic E-state index is 0.160. The summed E-state index contributed by atoms with van der Waals surface area (Å²) >= 11 is 0. The molecule has 4 nitrogen and oxygen atoms in total. The van der Waals surface area contributed by atoms with Crippen molar-refractivity contribution in [2.75, 3.05) is 7.05 Å². The van der Waals surface area contributed by atoms with Gasteiger partial charge in [-0.05, 0) is 20.9 Å². The Labute approximate surface area is 66.4 Å². The zero-order chi connectivity index (χ0) is 8.85. The summed E-state index contributed by atoms with van der Waals surface area (Å²) in [5, 5.41) is 5.28. The van der Waals surface area contributed by atoms with Crippen LogP contribution in [0.25, 0.3) is 0 Å². The Morgan fingerprint density at radius 2 is 2.00 bits per heavy atom. The molecule has 0 spiro atoms. The first-order valence-electron chi connectivity index (χ1n) is 3.54. The molecule has 2 atom stereocenters. The maximum atomic E-state index is 11.0. The highest BCUT2D eigenvalue weighted by molar-refractivity contribution is 5.83. The number of hydrogen-bond donors (Lipinski definition) is 2. The van der Waals surface area contributed by atoms with Crippen molar-refractivity contribution in [2.24, 2.45) is 0 Å². The Bertz CT molecular complexity index is 147. The Balaban J connectivity index is 3.76. The summed E-state index contributed by atoms with van der Waals surface area (Å²) in [5.74, 6) is -0.160. The first kappa shape index (κ1) is 10.1. The first-order chi connectivity index (χ1) is 5.11. The normalized spacial score (nSPS) is 15.2. The number of carbonyl (C=O) groups excluding carboxylic acids is 2. The second kappa shape index (κ2) is 4.85. The molecule has 0 saturated carbocycles. The van der Waals surface area contributed by atoms with Gasteiger partial charge in [0.25, 0.3) is 0 Å². The molecule has 0 bridgehead atoms. The van der Waals surface area contributed by atoms with Gasteiger partial charge in [0.05, 0.1) is 12.1 Å². The van der Waals surface area contributed by atoms with Crippen molar-refractivity contribution in [3.63, 3.8) is 0 Å². The van der Waals surface area contributed by atoms with E-state index in [1.54, 1.807) is 20.9 Å². The molecular formula is C7H14N2O2. The standard InChI is InChI=1S/C7H14N2O2/c1-5(4-10)9-7(11)6(2)8-3/h4-6,8H,1-3H3,(H,9,11)/t5-,6?/m0/s1. The molecule has 0 rings (SSSR count). The first-order valence-corrected chi connectivity index (χ1v) is 3.54. The maximum absolute atomic E-state index is 11.0. The molecular weight excluding hydrogens is 144 g/mol. The smallest absolute Gasteiger partial charge is 0.237 e. The van der Waals surface area contributed by atoms with E-state index in [-0.39, 0.29) is 11.9 Å². The van der Waals surface area contributed by atoms with Crippen molar-refractivity contribution < 1.29 is 9.59 Å². The second-order valence-corrected chi connectivity index (χ2v) is 2.44. The number of amides is 1. The van der Waals surface area contributed by atoms with Crippen molar-refractivity contribution in [1.29, 1.82) is 0 Å². The molecule has 0 aliphatic rings. The molecule has 0 fully saturated rings. The Morgan fingerprint density at radius 1 is 1.45 bits per heavy atom. The fourth-order valence-electron chi connectivity index (χ4n) is 0.515. The van der Waals surface area contributed by atoms with Gasteiger partial charge in [-0.1, -0.05) is 0 Å². The predicted octanol–water partition coefficient (Wildman–Crippen LogP) is -0.702. The topological polar surface area (TPSA) is 58.2 Å². The largest absolute Gasteiger partial charge is 0.346 e. The lowest BCUT2D eigenvalue weighted by molar-refractivity contribution is -0.125. The second-order valence-electron chi connectivity index (χ2n) is 2.44. The fraction of sp³-hybridized carbons (Fsp3) is 0.714. The van der Waals surface area contributed by atoms with Gasteiger partial charge in [0.15, 0.2) is 0 Å². The molecule has 0 radical (unpaired) electrons. The third kappa shape index (κ3) is 3.72. The van der Waals surface area contributed by atoms with Gasteiger partial charge in [-0.3, -0.25) is 4.79 Å². The van der Waals surface area contributed by atoms with Crippen LogP contribution >= 0.6 is 0 Å². The van der Waals surface area contributed by atoms with Gasteiger partial charge in [-0.25, -0.2) is 0 Å². The van der Waals surface area contributed by atoms with E-state index in [4.69, 9.17) is 0 Å². The molecule has 1 unspecified atom stereocenters. The summed E-state index contributed by atoms with van der Waals surface area (Å²) in [6.07, 6.45) is 0.695. The lowest BCUT2D eigenvalue weighted by atomic mass is 10.3. The van der Waals surface area contributed by atoms with Crippen LogP contribution in [0.2, 0.25) is 0 Å². The van der Waals surface area contributed by atoms with Gasteiger partial charge < -0.3 is 15.4 Å². The van der Waals surface area contributed by atoms with Gasteiger partial charge in [0, 0.05) is 0 Å². The van der Waals surface area contributed by atoms with Crippen LogP contribution < -0.4 is 10.6 Å². The van der Waals surface area contributed by atoms with Crippen LogP contribution in [-0.4, -0.2) is 31.3 Å². The Hall–Kier alpha value is -0.900. The molecule has 2 N–H and O–H groups in total. The average Bonchev–Trinajstić information content (AvgIpc) is 2.02. The highest BCUT2D eigenvalue weighted by atomic mass is 16.2. The van der Waals surface area contributed by atoms with E-state index in [0.29, 0.717) is 6.29 Å². The monoisotopic (exact) mass is 158 g/mol. The lowest BCUT2D eigenvalue weighted by Gasteiger charge is -2.12. The van der Waals surface area contributed by atoms with Crippen LogP contribution in [0, 0.1) is 0 Å². The van der Waals surface area contributed by atoms with Gasteiger partial charge >= 0.3 is 0 Å². The van der Waals surface area contributed by atoms with Crippen LogP contribution in [-0.2, 0) is 9.59 Å². The van der Waals surface area contributed by atoms with E-state index in [2.05, 4.69) is 10.6 Å². The molecule has 11 heavy (non-hydrogen) atoms. The minimum Gasteiger partial charge on any atom is -0.346 e. The molecule has 0 aliphatic heterocycles. The van der Waals surface area contributed by atoms with Crippen molar-refractivity contribution in [3.8, 4) is 0 Å². The number of rotatable bonds is 4. The molecule has 0 aliphatic carbocycles. The zero-order valence-corrected chi connectivity index (χ0v) is 7.05. The quantitative estimate of drug-likeness (QED) is 0.532. The summed E-state index contributed by atoms with van der Waals surface area (Å²) < 4.78 is 0. The lowest BCUT2D eigenvalue weighted by Crippen LogP contribution is -2.44. The fourth-order valence-corrected chi connectivity index (χ4v) is 0.515. The van der Waals surface area contributed by atoms with Gasteiger partial charge in [-0.2, -0.15) is 0 Å². The zero-order valence-electron chi connectivity index (χ0n) is 7.05. The van der Waals surface area contributed by atoms with E-state index < -0.39 is 6.04 Å². The molecule has 64 valence electrons. The minimum atomic E-state index is -0.404. The number of aldehydes is 1. The van der Waals surface area contributed by atoms with Crippen molar-refractivity contribution in [2.45, 2.75) is 25.9 Å². The van der Waals surface area contributed by atoms with E-state index in [9.17, 15) is 9.59 Å². The van der Waals surface area contributed by atoms with Crippen LogP contribution in [0.4, 0.5) is 0 Å². The van der Waals surface area contributed by atoms with Gasteiger partial charge in [-0.15, -0.1) is 0 Å². The molecule has 0 aromatic carbocycles. The van der Waals surface area contributed by atoms with Crippen molar-refractivity contribution >= 4 is 12.2 Å². The number of carbonyl (C=O) groups is 2. The Kier molecular flexibility index (Phi) is 4.45. The third-order valence-corrected chi connectivity index (χ3v) is 1.40. The summed E-state index contributed by atoms with van der Waals surface area (Å²) in [6.45, 7) is 3.36. The number of hydrogen-bond acceptors (Lipinski definition) is 3. The van der Waals surface area contributed by atoms with E-state index in [0.717, 1.165) is 0 Å². The molecule has 0 saturated heterocycles. The molecule has 1 amide bonds. The third-order valence-electron chi connectivity index (χ3n) is 1.40. The maximum Gasteiger partial charge on any atom is 0.237 e. The summed E-state index contributed by atoms with van der Waals surface area (Å²) in [5.41, 5.74) is 0. The van der Waals surface area contributed by atoms with Crippen molar-refractivity contribution in [1.82, 2.24) is 10.6 Å². The van der Waals surface area contributed by atoms with Gasteiger partial charge in [0.2, 0.25) is 5.91 Å². The number of nitrogens with one attached hydrogen (secondary N) is 2. The average molecular weight is 158 g/mol. The van der Waals surface area contributed by atoms with Crippen LogP contribution in [0.15, 0.2) is 0 Å². The highest BCUT2D eigenvalue weighted by Gasteiger charge is 2.11. The van der Waals surface area contributed by atoms with Crippen LogP contribution in [0.3, 0.4) is 0 Å². The summed E-state index contributed by atoms with van der Waals surface area (Å²) in [6, 6.07) is -0.657. The SMILES string of the molecule is CNC(C)C(=O)N[C@@H](C)C=O.